The highest BCUT2D eigenvalue weighted by atomic mass is 16.5. The third-order valence-corrected chi connectivity index (χ3v) is 2.78. The van der Waals surface area contributed by atoms with Crippen molar-refractivity contribution in [3.63, 3.8) is 0 Å². The van der Waals surface area contributed by atoms with Crippen molar-refractivity contribution in [1.29, 1.82) is 0 Å². The molecule has 0 spiro atoms. The highest BCUT2D eigenvalue weighted by Crippen LogP contribution is 2.20. The first kappa shape index (κ1) is 15.9. The summed E-state index contributed by atoms with van der Waals surface area (Å²) in [4.78, 5) is 22.3. The van der Waals surface area contributed by atoms with Crippen LogP contribution in [-0.4, -0.2) is 36.2 Å². The Morgan fingerprint density at radius 3 is 2.12 bits per heavy atom. The summed E-state index contributed by atoms with van der Waals surface area (Å²) in [6.45, 7) is 4.24. The van der Waals surface area contributed by atoms with Gasteiger partial charge in [0.25, 0.3) is 0 Å². The molecule has 2 N–H and O–H groups in total. The van der Waals surface area contributed by atoms with Crippen molar-refractivity contribution in [3.8, 4) is 0 Å². The number of esters is 1. The molecule has 0 aliphatic heterocycles. The molecule has 0 rings (SSSR count). The molecule has 0 atom stereocenters. The number of rotatable bonds is 9. The number of carbonyl (C=O) groups excluding carboxylic acids is 1. The normalized spacial score (nSPS) is 11.2. The van der Waals surface area contributed by atoms with Crippen molar-refractivity contribution < 1.29 is 19.4 Å². The van der Waals surface area contributed by atoms with Crippen LogP contribution in [0.4, 0.5) is 0 Å². The highest BCUT2D eigenvalue weighted by Gasteiger charge is 2.35. The predicted octanol–water partition coefficient (Wildman–Crippen LogP) is 1.56. The van der Waals surface area contributed by atoms with Gasteiger partial charge in [0.2, 0.25) is 0 Å². The maximum atomic E-state index is 11.4. The van der Waals surface area contributed by atoms with Crippen molar-refractivity contribution in [2.24, 2.45) is 0 Å². The van der Waals surface area contributed by atoms with E-state index in [1.807, 2.05) is 13.8 Å². The van der Waals surface area contributed by atoms with Crippen LogP contribution in [0.3, 0.4) is 0 Å². The van der Waals surface area contributed by atoms with Gasteiger partial charge in [0.1, 0.15) is 5.54 Å². The number of carbonyl (C=O) groups is 2. The first-order valence-electron chi connectivity index (χ1n) is 6.07. The summed E-state index contributed by atoms with van der Waals surface area (Å²) >= 11 is 0. The lowest BCUT2D eigenvalue weighted by atomic mass is 9.88. The fraction of sp³-hybridized carbons (Fsp3) is 0.833. The van der Waals surface area contributed by atoms with Gasteiger partial charge in [-0.3, -0.25) is 9.59 Å². The van der Waals surface area contributed by atoms with E-state index in [-0.39, 0.29) is 12.4 Å². The third kappa shape index (κ3) is 5.17. The maximum Gasteiger partial charge on any atom is 0.323 e. The molecule has 0 heterocycles. The van der Waals surface area contributed by atoms with Crippen LogP contribution >= 0.6 is 0 Å². The number of hydrogen-bond acceptors (Lipinski definition) is 4. The molecule has 0 aromatic carbocycles. The molecule has 0 aromatic heterocycles. The van der Waals surface area contributed by atoms with E-state index in [0.717, 1.165) is 12.8 Å². The molecule has 0 aliphatic carbocycles. The standard InChI is InChI=1S/C12H23NO4/c1-4-7-12(8-5-2,11(15)16)13-9-6-10(14)17-3/h13H,4-9H2,1-3H3,(H,15,16). The van der Waals surface area contributed by atoms with Crippen LogP contribution in [0.1, 0.15) is 46.0 Å². The zero-order valence-electron chi connectivity index (χ0n) is 10.9. The second-order valence-electron chi connectivity index (χ2n) is 4.14. The minimum absolute atomic E-state index is 0.193. The summed E-state index contributed by atoms with van der Waals surface area (Å²) < 4.78 is 4.52. The van der Waals surface area contributed by atoms with E-state index < -0.39 is 11.5 Å². The van der Waals surface area contributed by atoms with Crippen molar-refractivity contribution in [3.05, 3.63) is 0 Å². The summed E-state index contributed by atoms with van der Waals surface area (Å²) in [5, 5.41) is 12.3. The minimum Gasteiger partial charge on any atom is -0.480 e. The number of carboxylic acids is 1. The van der Waals surface area contributed by atoms with E-state index in [1.165, 1.54) is 7.11 Å². The van der Waals surface area contributed by atoms with Crippen LogP contribution in [0.25, 0.3) is 0 Å². The van der Waals surface area contributed by atoms with Gasteiger partial charge >= 0.3 is 11.9 Å². The molecule has 0 aromatic rings. The second-order valence-corrected chi connectivity index (χ2v) is 4.14. The number of ether oxygens (including phenoxy) is 1. The monoisotopic (exact) mass is 245 g/mol. The van der Waals surface area contributed by atoms with Gasteiger partial charge in [-0.2, -0.15) is 0 Å². The topological polar surface area (TPSA) is 75.6 Å². The predicted molar refractivity (Wildman–Crippen MR) is 64.8 cm³/mol. The Labute approximate surface area is 103 Å². The van der Waals surface area contributed by atoms with E-state index in [1.54, 1.807) is 0 Å². The van der Waals surface area contributed by atoms with Crippen LogP contribution in [0.2, 0.25) is 0 Å². The fourth-order valence-electron chi connectivity index (χ4n) is 1.95. The average Bonchev–Trinajstić information content (AvgIpc) is 2.28. The largest absolute Gasteiger partial charge is 0.480 e. The molecule has 0 saturated carbocycles. The van der Waals surface area contributed by atoms with E-state index in [9.17, 15) is 14.7 Å². The van der Waals surface area contributed by atoms with Crippen molar-refractivity contribution in [2.75, 3.05) is 13.7 Å². The van der Waals surface area contributed by atoms with Crippen molar-refractivity contribution >= 4 is 11.9 Å². The Balaban J connectivity index is 4.45. The third-order valence-electron chi connectivity index (χ3n) is 2.78. The van der Waals surface area contributed by atoms with Gasteiger partial charge in [0.05, 0.1) is 13.5 Å². The van der Waals surface area contributed by atoms with Gasteiger partial charge in [-0.15, -0.1) is 0 Å². The fourth-order valence-corrected chi connectivity index (χ4v) is 1.95. The van der Waals surface area contributed by atoms with Crippen LogP contribution in [0.5, 0.6) is 0 Å². The number of nitrogens with one attached hydrogen (secondary N) is 1. The summed E-state index contributed by atoms with van der Waals surface area (Å²) in [6.07, 6.45) is 2.91. The Morgan fingerprint density at radius 1 is 1.24 bits per heavy atom. The van der Waals surface area contributed by atoms with Gasteiger partial charge in [-0.05, 0) is 12.8 Å². The smallest absolute Gasteiger partial charge is 0.323 e. The maximum absolute atomic E-state index is 11.4. The Morgan fingerprint density at radius 2 is 1.76 bits per heavy atom. The Kier molecular flexibility index (Phi) is 7.54. The molecule has 5 heteroatoms. The van der Waals surface area contributed by atoms with Crippen LogP contribution < -0.4 is 5.32 Å². The number of carboxylic acid groups (broad SMARTS) is 1. The SMILES string of the molecule is CCCC(CCC)(NCCC(=O)OC)C(=O)O. The quantitative estimate of drug-likeness (QED) is 0.603. The molecule has 5 nitrogen and oxygen atoms in total. The van der Waals surface area contributed by atoms with Gasteiger partial charge in [0, 0.05) is 6.54 Å². The highest BCUT2D eigenvalue weighted by molar-refractivity contribution is 5.79. The zero-order valence-corrected chi connectivity index (χ0v) is 10.9. The number of aliphatic carboxylic acids is 1. The minimum atomic E-state index is -0.905. The van der Waals surface area contributed by atoms with E-state index in [2.05, 4.69) is 10.1 Å². The lowest BCUT2D eigenvalue weighted by molar-refractivity contribution is -0.147. The molecule has 0 amide bonds. The molecule has 0 unspecified atom stereocenters. The molecule has 0 bridgehead atoms. The van der Waals surface area contributed by atoms with Crippen molar-refractivity contribution in [1.82, 2.24) is 5.32 Å². The zero-order chi connectivity index (χ0) is 13.3. The second kappa shape index (κ2) is 8.06. The molecule has 0 radical (unpaired) electrons. The van der Waals surface area contributed by atoms with E-state index in [0.29, 0.717) is 19.4 Å². The van der Waals surface area contributed by atoms with Gasteiger partial charge in [-0.1, -0.05) is 26.7 Å². The number of methoxy groups -OCH3 is 1. The molecule has 17 heavy (non-hydrogen) atoms. The first-order valence-corrected chi connectivity index (χ1v) is 6.07. The average molecular weight is 245 g/mol. The van der Waals surface area contributed by atoms with E-state index >= 15 is 0 Å². The molecular weight excluding hydrogens is 222 g/mol. The van der Waals surface area contributed by atoms with Gasteiger partial charge in [-0.25, -0.2) is 0 Å². The number of hydrogen-bond donors (Lipinski definition) is 2. The van der Waals surface area contributed by atoms with E-state index in [4.69, 9.17) is 0 Å². The molecule has 100 valence electrons. The summed E-state index contributed by atoms with van der Waals surface area (Å²) in [7, 11) is 1.32. The summed E-state index contributed by atoms with van der Waals surface area (Å²) in [6, 6.07) is 0. The van der Waals surface area contributed by atoms with Gasteiger partial charge < -0.3 is 15.2 Å². The van der Waals surface area contributed by atoms with Crippen LogP contribution in [0.15, 0.2) is 0 Å². The summed E-state index contributed by atoms with van der Waals surface area (Å²) in [5.74, 6) is -1.17. The molecule has 0 fully saturated rings. The van der Waals surface area contributed by atoms with Crippen molar-refractivity contribution in [2.45, 2.75) is 51.5 Å². The molecule has 0 aliphatic rings. The first-order chi connectivity index (χ1) is 8.02. The van der Waals surface area contributed by atoms with Gasteiger partial charge in [0.15, 0.2) is 0 Å². The Bertz CT molecular complexity index is 247. The summed E-state index contributed by atoms with van der Waals surface area (Å²) in [5.41, 5.74) is -0.905. The van der Waals surface area contributed by atoms with Crippen LogP contribution in [-0.2, 0) is 14.3 Å². The van der Waals surface area contributed by atoms with Crippen LogP contribution in [0, 0.1) is 0 Å². The molecular formula is C12H23NO4. The molecule has 0 saturated heterocycles. The lowest BCUT2D eigenvalue weighted by Gasteiger charge is -2.30. The lowest BCUT2D eigenvalue weighted by Crippen LogP contribution is -2.52. The Hall–Kier alpha value is -1.10.